The minimum Gasteiger partial charge on any atom is -0.357 e. The monoisotopic (exact) mass is 392 g/mol. The van der Waals surface area contributed by atoms with Gasteiger partial charge in [0.15, 0.2) is 5.96 Å². The van der Waals surface area contributed by atoms with Gasteiger partial charge in [-0.3, -0.25) is 9.79 Å². The number of benzene rings is 2. The van der Waals surface area contributed by atoms with Gasteiger partial charge in [-0.2, -0.15) is 0 Å². The van der Waals surface area contributed by atoms with Crippen molar-refractivity contribution in [2.45, 2.75) is 26.2 Å². The number of nitrogens with zero attached hydrogens (tertiary/aromatic N) is 2. The van der Waals surface area contributed by atoms with Gasteiger partial charge in [0.2, 0.25) is 5.91 Å². The summed E-state index contributed by atoms with van der Waals surface area (Å²) < 4.78 is 0. The topological polar surface area (TPSA) is 56.7 Å². The minimum absolute atomic E-state index is 0.253. The molecule has 0 spiro atoms. The summed E-state index contributed by atoms with van der Waals surface area (Å²) in [7, 11) is 0. The van der Waals surface area contributed by atoms with Crippen LogP contribution in [0.2, 0.25) is 0 Å². The maximum atomic E-state index is 12.4. The first-order valence-corrected chi connectivity index (χ1v) is 10.6. The van der Waals surface area contributed by atoms with Gasteiger partial charge >= 0.3 is 0 Å². The molecule has 5 nitrogen and oxygen atoms in total. The molecule has 1 amide bonds. The molecule has 1 heterocycles. The highest BCUT2D eigenvalue weighted by atomic mass is 16.2. The van der Waals surface area contributed by atoms with Crippen LogP contribution in [-0.4, -0.2) is 49.5 Å². The number of rotatable bonds is 9. The Hall–Kier alpha value is -2.82. The van der Waals surface area contributed by atoms with E-state index in [1.165, 1.54) is 11.1 Å². The Bertz CT molecular complexity index is 776. The molecule has 5 heteroatoms. The summed E-state index contributed by atoms with van der Waals surface area (Å²) in [6.45, 7) is 6.00. The SMILES string of the molecule is CCNC(=NCC1CC(=O)N(CCc2ccccc2)C1)NCCc1ccccc1. The fourth-order valence-electron chi connectivity index (χ4n) is 3.63. The molecule has 0 saturated carbocycles. The summed E-state index contributed by atoms with van der Waals surface area (Å²) in [5.41, 5.74) is 2.59. The lowest BCUT2D eigenvalue weighted by atomic mass is 10.1. The maximum absolute atomic E-state index is 12.4. The predicted molar refractivity (Wildman–Crippen MR) is 119 cm³/mol. The molecule has 0 aromatic heterocycles. The molecule has 0 radical (unpaired) electrons. The summed E-state index contributed by atoms with van der Waals surface area (Å²) in [6.07, 6.45) is 2.47. The van der Waals surface area contributed by atoms with Crippen molar-refractivity contribution in [1.82, 2.24) is 15.5 Å². The van der Waals surface area contributed by atoms with Crippen LogP contribution in [0.5, 0.6) is 0 Å². The standard InChI is InChI=1S/C24H32N4O/c1-2-25-24(26-15-13-20-9-5-3-6-10-20)27-18-22-17-23(29)28(19-22)16-14-21-11-7-4-8-12-21/h3-12,22H,2,13-19H2,1H3,(H2,25,26,27). The quantitative estimate of drug-likeness (QED) is 0.510. The van der Waals surface area contributed by atoms with E-state index in [4.69, 9.17) is 4.99 Å². The summed E-state index contributed by atoms with van der Waals surface area (Å²) >= 11 is 0. The van der Waals surface area contributed by atoms with Crippen molar-refractivity contribution in [1.29, 1.82) is 0 Å². The second-order valence-corrected chi connectivity index (χ2v) is 7.53. The Morgan fingerprint density at radius 2 is 1.66 bits per heavy atom. The largest absolute Gasteiger partial charge is 0.357 e. The van der Waals surface area contributed by atoms with Crippen molar-refractivity contribution in [3.63, 3.8) is 0 Å². The van der Waals surface area contributed by atoms with E-state index in [0.29, 0.717) is 18.9 Å². The average molecular weight is 393 g/mol. The summed E-state index contributed by atoms with van der Waals surface area (Å²) in [4.78, 5) is 19.1. The Balaban J connectivity index is 1.44. The molecule has 0 aliphatic carbocycles. The van der Waals surface area contributed by atoms with Gasteiger partial charge in [-0.05, 0) is 30.9 Å². The molecule has 1 fully saturated rings. The minimum atomic E-state index is 0.253. The first-order valence-electron chi connectivity index (χ1n) is 10.6. The molecule has 0 bridgehead atoms. The molecular weight excluding hydrogens is 360 g/mol. The lowest BCUT2D eigenvalue weighted by Crippen LogP contribution is -2.38. The highest BCUT2D eigenvalue weighted by Crippen LogP contribution is 2.18. The normalized spacial score (nSPS) is 16.9. The van der Waals surface area contributed by atoms with E-state index in [0.717, 1.165) is 45.0 Å². The van der Waals surface area contributed by atoms with Gasteiger partial charge < -0.3 is 15.5 Å². The number of guanidine groups is 1. The van der Waals surface area contributed by atoms with Gasteiger partial charge in [0, 0.05) is 45.1 Å². The first kappa shape index (κ1) is 20.9. The van der Waals surface area contributed by atoms with Gasteiger partial charge in [-0.15, -0.1) is 0 Å². The number of hydrogen-bond acceptors (Lipinski definition) is 2. The fourth-order valence-corrected chi connectivity index (χ4v) is 3.63. The van der Waals surface area contributed by atoms with Crippen LogP contribution in [0.25, 0.3) is 0 Å². The van der Waals surface area contributed by atoms with Crippen LogP contribution in [0.15, 0.2) is 65.7 Å². The second-order valence-electron chi connectivity index (χ2n) is 7.53. The van der Waals surface area contributed by atoms with Crippen molar-refractivity contribution in [2.24, 2.45) is 10.9 Å². The number of nitrogens with one attached hydrogen (secondary N) is 2. The van der Waals surface area contributed by atoms with Gasteiger partial charge in [0.25, 0.3) is 0 Å². The van der Waals surface area contributed by atoms with E-state index < -0.39 is 0 Å². The van der Waals surface area contributed by atoms with Crippen molar-refractivity contribution < 1.29 is 4.79 Å². The fraction of sp³-hybridized carbons (Fsp3) is 0.417. The van der Waals surface area contributed by atoms with E-state index in [9.17, 15) is 4.79 Å². The van der Waals surface area contributed by atoms with Crippen molar-refractivity contribution >= 4 is 11.9 Å². The van der Waals surface area contributed by atoms with Gasteiger partial charge in [0.1, 0.15) is 0 Å². The molecule has 2 aromatic rings. The maximum Gasteiger partial charge on any atom is 0.223 e. The highest BCUT2D eigenvalue weighted by molar-refractivity contribution is 5.80. The predicted octanol–water partition coefficient (Wildman–Crippen LogP) is 2.88. The van der Waals surface area contributed by atoms with Crippen LogP contribution in [0.4, 0.5) is 0 Å². The third-order valence-electron chi connectivity index (χ3n) is 5.21. The van der Waals surface area contributed by atoms with Gasteiger partial charge in [0.05, 0.1) is 0 Å². The van der Waals surface area contributed by atoms with Crippen LogP contribution in [-0.2, 0) is 17.6 Å². The summed E-state index contributed by atoms with van der Waals surface area (Å²) in [6, 6.07) is 20.8. The Labute approximate surface area is 174 Å². The summed E-state index contributed by atoms with van der Waals surface area (Å²) in [5, 5.41) is 6.70. The zero-order chi connectivity index (χ0) is 20.3. The Kier molecular flexibility index (Phi) is 8.11. The molecule has 2 N–H and O–H groups in total. The number of carbonyl (C=O) groups excluding carboxylic acids is 1. The molecule has 1 unspecified atom stereocenters. The average Bonchev–Trinajstić information content (AvgIpc) is 3.11. The van der Waals surface area contributed by atoms with Crippen LogP contribution in [0.1, 0.15) is 24.5 Å². The molecular formula is C24H32N4O. The van der Waals surface area contributed by atoms with E-state index in [-0.39, 0.29) is 5.91 Å². The lowest BCUT2D eigenvalue weighted by Gasteiger charge is -2.16. The van der Waals surface area contributed by atoms with Crippen molar-refractivity contribution in [2.75, 3.05) is 32.7 Å². The van der Waals surface area contributed by atoms with Crippen molar-refractivity contribution in [3.05, 3.63) is 71.8 Å². The van der Waals surface area contributed by atoms with E-state index in [2.05, 4.69) is 54.0 Å². The molecule has 29 heavy (non-hydrogen) atoms. The van der Waals surface area contributed by atoms with Crippen LogP contribution in [0, 0.1) is 5.92 Å². The highest BCUT2D eigenvalue weighted by Gasteiger charge is 2.28. The molecule has 1 atom stereocenters. The van der Waals surface area contributed by atoms with Crippen molar-refractivity contribution in [3.8, 4) is 0 Å². The number of amides is 1. The third kappa shape index (κ3) is 6.93. The third-order valence-corrected chi connectivity index (χ3v) is 5.21. The Morgan fingerprint density at radius 1 is 1.00 bits per heavy atom. The smallest absolute Gasteiger partial charge is 0.223 e. The molecule has 1 aliphatic heterocycles. The number of hydrogen-bond donors (Lipinski definition) is 2. The zero-order valence-electron chi connectivity index (χ0n) is 17.3. The van der Waals surface area contributed by atoms with E-state index >= 15 is 0 Å². The zero-order valence-corrected chi connectivity index (χ0v) is 17.3. The molecule has 2 aromatic carbocycles. The molecule has 3 rings (SSSR count). The number of aliphatic imine (C=N–C) groups is 1. The van der Waals surface area contributed by atoms with E-state index in [1.807, 2.05) is 29.2 Å². The lowest BCUT2D eigenvalue weighted by molar-refractivity contribution is -0.127. The second kappa shape index (κ2) is 11.2. The molecule has 154 valence electrons. The number of likely N-dealkylation sites (tertiary alicyclic amines) is 1. The Morgan fingerprint density at radius 3 is 2.31 bits per heavy atom. The van der Waals surface area contributed by atoms with Gasteiger partial charge in [-0.1, -0.05) is 60.7 Å². The molecule has 1 saturated heterocycles. The van der Waals surface area contributed by atoms with Crippen LogP contribution in [0.3, 0.4) is 0 Å². The van der Waals surface area contributed by atoms with Crippen LogP contribution < -0.4 is 10.6 Å². The molecule has 1 aliphatic rings. The first-order chi connectivity index (χ1) is 14.2. The number of carbonyl (C=O) groups is 1. The summed E-state index contributed by atoms with van der Waals surface area (Å²) in [5.74, 6) is 1.38. The van der Waals surface area contributed by atoms with Crippen LogP contribution >= 0.6 is 0 Å². The van der Waals surface area contributed by atoms with E-state index in [1.54, 1.807) is 0 Å². The van der Waals surface area contributed by atoms with Gasteiger partial charge in [-0.25, -0.2) is 0 Å².